The standard InChI is InChI=1S/C15H11NS/c1-2-6-15(7-8-16-11-15)13-3-4-14-12(10-13)5-9-17-14/h1,3-5,7-11H,6H2. The number of fused-ring (bicyclic) bond motifs is 1. The van der Waals surface area contributed by atoms with Crippen molar-refractivity contribution >= 4 is 27.6 Å². The van der Waals surface area contributed by atoms with Gasteiger partial charge in [-0.05, 0) is 40.6 Å². The third kappa shape index (κ3) is 1.60. The second-order valence-electron chi connectivity index (χ2n) is 4.19. The Bertz CT molecular complexity index is 643. The predicted molar refractivity (Wildman–Crippen MR) is 74.6 cm³/mol. The van der Waals surface area contributed by atoms with Crippen LogP contribution in [-0.2, 0) is 5.41 Å². The summed E-state index contributed by atoms with van der Waals surface area (Å²) >= 11 is 1.76. The normalized spacial score (nSPS) is 22.1. The van der Waals surface area contributed by atoms with Gasteiger partial charge in [-0.25, -0.2) is 0 Å². The first kappa shape index (κ1) is 10.3. The predicted octanol–water partition coefficient (Wildman–Crippen LogP) is 3.76. The molecule has 2 aromatic rings. The van der Waals surface area contributed by atoms with Crippen molar-refractivity contribution in [2.45, 2.75) is 11.8 Å². The fraction of sp³-hybridized carbons (Fsp3) is 0.133. The Morgan fingerprint density at radius 3 is 3.06 bits per heavy atom. The summed E-state index contributed by atoms with van der Waals surface area (Å²) in [5.41, 5.74) is 1.02. The van der Waals surface area contributed by atoms with Gasteiger partial charge in [-0.15, -0.1) is 23.7 Å². The minimum absolute atomic E-state index is 0.203. The first-order chi connectivity index (χ1) is 8.34. The van der Waals surface area contributed by atoms with Crippen molar-refractivity contribution in [3.8, 4) is 12.3 Å². The topological polar surface area (TPSA) is 12.4 Å². The molecule has 1 unspecified atom stereocenters. The van der Waals surface area contributed by atoms with Crippen molar-refractivity contribution in [1.29, 1.82) is 0 Å². The molecule has 0 saturated heterocycles. The fourth-order valence-corrected chi connectivity index (χ4v) is 2.97. The van der Waals surface area contributed by atoms with E-state index in [1.807, 2.05) is 12.4 Å². The molecule has 1 aliphatic heterocycles. The lowest BCUT2D eigenvalue weighted by Crippen LogP contribution is -2.22. The lowest BCUT2D eigenvalue weighted by atomic mass is 9.79. The van der Waals surface area contributed by atoms with Gasteiger partial charge in [0.15, 0.2) is 0 Å². The van der Waals surface area contributed by atoms with Crippen LogP contribution in [-0.4, -0.2) is 6.21 Å². The maximum atomic E-state index is 5.48. The van der Waals surface area contributed by atoms with Gasteiger partial charge in [-0.1, -0.05) is 6.07 Å². The number of terminal acetylenes is 1. The zero-order valence-electron chi connectivity index (χ0n) is 9.26. The minimum atomic E-state index is -0.203. The van der Waals surface area contributed by atoms with Crippen molar-refractivity contribution in [2.24, 2.45) is 4.99 Å². The van der Waals surface area contributed by atoms with Crippen LogP contribution in [0.15, 0.2) is 46.9 Å². The van der Waals surface area contributed by atoms with Crippen molar-refractivity contribution in [3.05, 3.63) is 47.5 Å². The summed E-state index contributed by atoms with van der Waals surface area (Å²) in [5, 5.41) is 3.39. The smallest absolute Gasteiger partial charge is 0.0612 e. The number of thiophene rings is 1. The minimum Gasteiger partial charge on any atom is -0.268 e. The van der Waals surface area contributed by atoms with Gasteiger partial charge in [0.2, 0.25) is 0 Å². The molecule has 2 heteroatoms. The van der Waals surface area contributed by atoms with Crippen LogP contribution < -0.4 is 0 Å². The molecule has 1 nitrogen and oxygen atoms in total. The largest absolute Gasteiger partial charge is 0.268 e. The quantitative estimate of drug-likeness (QED) is 0.705. The van der Waals surface area contributed by atoms with Crippen molar-refractivity contribution < 1.29 is 0 Å². The van der Waals surface area contributed by atoms with Gasteiger partial charge in [0.1, 0.15) is 0 Å². The molecule has 3 rings (SSSR count). The SMILES string of the molecule is C#CCC1(c2ccc3sccc3c2)C=CN=C1. The van der Waals surface area contributed by atoms with Gasteiger partial charge < -0.3 is 0 Å². The number of allylic oxidation sites excluding steroid dienone is 1. The number of aliphatic imine (C=N–C) groups is 1. The van der Waals surface area contributed by atoms with E-state index in [4.69, 9.17) is 6.42 Å². The summed E-state index contributed by atoms with van der Waals surface area (Å²) < 4.78 is 1.31. The highest BCUT2D eigenvalue weighted by molar-refractivity contribution is 7.17. The molecule has 1 aliphatic rings. The number of nitrogens with zero attached hydrogens (tertiary/aromatic N) is 1. The van der Waals surface area contributed by atoms with Crippen LogP contribution in [0, 0.1) is 12.3 Å². The summed E-state index contributed by atoms with van der Waals surface area (Å²) in [7, 11) is 0. The second kappa shape index (κ2) is 3.87. The molecule has 82 valence electrons. The van der Waals surface area contributed by atoms with E-state index in [2.05, 4.69) is 46.6 Å². The Kier molecular flexibility index (Phi) is 2.35. The highest BCUT2D eigenvalue weighted by Gasteiger charge is 2.29. The first-order valence-electron chi connectivity index (χ1n) is 5.47. The maximum absolute atomic E-state index is 5.48. The summed E-state index contributed by atoms with van der Waals surface area (Å²) in [6.45, 7) is 0. The average Bonchev–Trinajstić information content (AvgIpc) is 2.96. The van der Waals surface area contributed by atoms with Gasteiger partial charge in [0, 0.05) is 23.5 Å². The van der Waals surface area contributed by atoms with Crippen molar-refractivity contribution in [3.63, 3.8) is 0 Å². The van der Waals surface area contributed by atoms with E-state index < -0.39 is 0 Å². The van der Waals surface area contributed by atoms with Gasteiger partial charge in [0.05, 0.1) is 5.41 Å². The zero-order chi connectivity index (χ0) is 11.7. The molecule has 0 aliphatic carbocycles. The molecule has 0 radical (unpaired) electrons. The average molecular weight is 237 g/mol. The van der Waals surface area contributed by atoms with Crippen LogP contribution >= 0.6 is 11.3 Å². The molecule has 0 bridgehead atoms. The first-order valence-corrected chi connectivity index (χ1v) is 6.35. The Morgan fingerprint density at radius 2 is 2.29 bits per heavy atom. The highest BCUT2D eigenvalue weighted by atomic mass is 32.1. The third-order valence-electron chi connectivity index (χ3n) is 3.15. The Hall–Kier alpha value is -1.85. The van der Waals surface area contributed by atoms with Crippen LogP contribution in [0.4, 0.5) is 0 Å². The van der Waals surface area contributed by atoms with Crippen LogP contribution in [0.2, 0.25) is 0 Å². The molecule has 0 fully saturated rings. The van der Waals surface area contributed by atoms with Crippen molar-refractivity contribution in [2.75, 3.05) is 0 Å². The fourth-order valence-electron chi connectivity index (χ4n) is 2.20. The molecule has 1 atom stereocenters. The molecule has 1 aromatic carbocycles. The van der Waals surface area contributed by atoms with Crippen molar-refractivity contribution in [1.82, 2.24) is 0 Å². The molecular weight excluding hydrogens is 226 g/mol. The zero-order valence-corrected chi connectivity index (χ0v) is 10.1. The number of rotatable bonds is 2. The lowest BCUT2D eigenvalue weighted by molar-refractivity contribution is 0.771. The molecule has 0 saturated carbocycles. The van der Waals surface area contributed by atoms with E-state index in [1.54, 1.807) is 11.3 Å². The molecule has 17 heavy (non-hydrogen) atoms. The molecule has 0 N–H and O–H groups in total. The summed E-state index contributed by atoms with van der Waals surface area (Å²) in [4.78, 5) is 4.20. The maximum Gasteiger partial charge on any atom is 0.0612 e. The molecule has 2 heterocycles. The van der Waals surface area contributed by atoms with E-state index in [-0.39, 0.29) is 5.41 Å². The van der Waals surface area contributed by atoms with Gasteiger partial charge in [0.25, 0.3) is 0 Å². The molecule has 0 spiro atoms. The Balaban J connectivity index is 2.16. The van der Waals surface area contributed by atoms with E-state index >= 15 is 0 Å². The second-order valence-corrected chi connectivity index (χ2v) is 5.14. The third-order valence-corrected chi connectivity index (χ3v) is 4.05. The summed E-state index contributed by atoms with van der Waals surface area (Å²) in [6.07, 6.45) is 12.0. The number of benzene rings is 1. The lowest BCUT2D eigenvalue weighted by Gasteiger charge is -2.22. The van der Waals surface area contributed by atoms with Gasteiger partial charge in [-0.3, -0.25) is 4.99 Å². The van der Waals surface area contributed by atoms with Crippen LogP contribution in [0.3, 0.4) is 0 Å². The van der Waals surface area contributed by atoms with Gasteiger partial charge in [-0.2, -0.15) is 0 Å². The van der Waals surface area contributed by atoms with E-state index in [1.165, 1.54) is 15.6 Å². The van der Waals surface area contributed by atoms with E-state index in [9.17, 15) is 0 Å². The summed E-state index contributed by atoms with van der Waals surface area (Å²) in [6, 6.07) is 8.67. The number of hydrogen-bond acceptors (Lipinski definition) is 2. The molecular formula is C15H11NS. The van der Waals surface area contributed by atoms with E-state index in [0.29, 0.717) is 6.42 Å². The van der Waals surface area contributed by atoms with Crippen LogP contribution in [0.5, 0.6) is 0 Å². The highest BCUT2D eigenvalue weighted by Crippen LogP contribution is 2.33. The van der Waals surface area contributed by atoms with Gasteiger partial charge >= 0.3 is 0 Å². The Morgan fingerprint density at radius 1 is 1.35 bits per heavy atom. The number of hydrogen-bond donors (Lipinski definition) is 0. The monoisotopic (exact) mass is 237 g/mol. The van der Waals surface area contributed by atoms with Crippen LogP contribution in [0.25, 0.3) is 10.1 Å². The molecule has 0 amide bonds. The molecule has 1 aromatic heterocycles. The Labute approximate surface area is 105 Å². The van der Waals surface area contributed by atoms with Crippen LogP contribution in [0.1, 0.15) is 12.0 Å². The summed E-state index contributed by atoms with van der Waals surface area (Å²) in [5.74, 6) is 2.75. The van der Waals surface area contributed by atoms with E-state index in [0.717, 1.165) is 0 Å².